The van der Waals surface area contributed by atoms with Gasteiger partial charge in [-0.2, -0.15) is 0 Å². The van der Waals surface area contributed by atoms with Crippen LogP contribution in [-0.4, -0.2) is 27.4 Å². The normalized spacial score (nSPS) is 15.9. The average molecular weight is 394 g/mol. The Labute approximate surface area is 167 Å². The van der Waals surface area contributed by atoms with E-state index in [-0.39, 0.29) is 29.2 Å². The highest BCUT2D eigenvalue weighted by atomic mass is 19.1. The summed E-state index contributed by atoms with van der Waals surface area (Å²) in [6.07, 6.45) is 5.19. The van der Waals surface area contributed by atoms with Gasteiger partial charge < -0.3 is 5.32 Å². The molecule has 1 heterocycles. The Balaban J connectivity index is 1.49. The SMILES string of the molecule is O=C(Cn1nnc2ccccc2c1=O)NCC1(c2ccc(F)cc2)CCCCC1. The quantitative estimate of drug-likeness (QED) is 0.722. The van der Waals surface area contributed by atoms with Crippen LogP contribution in [0.1, 0.15) is 37.7 Å². The molecule has 0 unspecified atom stereocenters. The lowest BCUT2D eigenvalue weighted by Gasteiger charge is -2.38. The highest BCUT2D eigenvalue weighted by Gasteiger charge is 2.34. The lowest BCUT2D eigenvalue weighted by atomic mass is 9.69. The first-order valence-electron chi connectivity index (χ1n) is 9.93. The van der Waals surface area contributed by atoms with Crippen molar-refractivity contribution in [1.29, 1.82) is 0 Å². The van der Waals surface area contributed by atoms with E-state index in [1.165, 1.54) is 18.6 Å². The van der Waals surface area contributed by atoms with Crippen LogP contribution in [0.15, 0.2) is 53.3 Å². The fourth-order valence-electron chi connectivity index (χ4n) is 4.19. The summed E-state index contributed by atoms with van der Waals surface area (Å²) < 4.78 is 14.5. The molecule has 1 amide bonds. The van der Waals surface area contributed by atoms with Crippen LogP contribution in [0.25, 0.3) is 10.9 Å². The number of aromatic nitrogens is 3. The van der Waals surface area contributed by atoms with E-state index >= 15 is 0 Å². The van der Waals surface area contributed by atoms with Gasteiger partial charge in [0.15, 0.2) is 0 Å². The van der Waals surface area contributed by atoms with Crippen molar-refractivity contribution in [2.75, 3.05) is 6.54 Å². The Morgan fingerprint density at radius 1 is 1.07 bits per heavy atom. The van der Waals surface area contributed by atoms with Crippen LogP contribution in [0.5, 0.6) is 0 Å². The minimum Gasteiger partial charge on any atom is -0.354 e. The third kappa shape index (κ3) is 4.04. The van der Waals surface area contributed by atoms with Gasteiger partial charge >= 0.3 is 0 Å². The number of fused-ring (bicyclic) bond motifs is 1. The standard InChI is InChI=1S/C22H23FN4O2/c23-17-10-8-16(9-11-17)22(12-4-1-5-13-22)15-24-20(28)14-27-21(29)18-6-2-3-7-19(18)25-26-27/h2-3,6-11H,1,4-5,12-15H2,(H,24,28). The molecule has 0 saturated heterocycles. The zero-order chi connectivity index (χ0) is 20.3. The molecule has 0 spiro atoms. The number of hydrogen-bond acceptors (Lipinski definition) is 4. The summed E-state index contributed by atoms with van der Waals surface area (Å²) in [5, 5.41) is 11.3. The van der Waals surface area contributed by atoms with Crippen LogP contribution in [0.3, 0.4) is 0 Å². The zero-order valence-electron chi connectivity index (χ0n) is 16.1. The van der Waals surface area contributed by atoms with Crippen molar-refractivity contribution in [3.05, 3.63) is 70.3 Å². The molecular formula is C22H23FN4O2. The van der Waals surface area contributed by atoms with E-state index in [9.17, 15) is 14.0 Å². The molecule has 1 aromatic heterocycles. The molecule has 0 atom stereocenters. The van der Waals surface area contributed by atoms with E-state index in [1.54, 1.807) is 24.3 Å². The highest BCUT2D eigenvalue weighted by molar-refractivity contribution is 5.78. The zero-order valence-corrected chi connectivity index (χ0v) is 16.1. The van der Waals surface area contributed by atoms with Gasteiger partial charge in [0, 0.05) is 12.0 Å². The number of amides is 1. The summed E-state index contributed by atoms with van der Waals surface area (Å²) in [6, 6.07) is 13.5. The van der Waals surface area contributed by atoms with Gasteiger partial charge in [0.1, 0.15) is 17.9 Å². The Bertz CT molecular complexity index is 1070. The lowest BCUT2D eigenvalue weighted by Crippen LogP contribution is -2.44. The maximum atomic E-state index is 13.4. The summed E-state index contributed by atoms with van der Waals surface area (Å²) >= 11 is 0. The van der Waals surface area contributed by atoms with Crippen LogP contribution in [0, 0.1) is 5.82 Å². The molecule has 1 saturated carbocycles. The molecule has 7 heteroatoms. The third-order valence-electron chi connectivity index (χ3n) is 5.81. The first-order chi connectivity index (χ1) is 14.1. The number of hydrogen-bond donors (Lipinski definition) is 1. The van der Waals surface area contributed by atoms with Gasteiger partial charge in [-0.1, -0.05) is 48.7 Å². The molecular weight excluding hydrogens is 371 g/mol. The maximum Gasteiger partial charge on any atom is 0.278 e. The van der Waals surface area contributed by atoms with E-state index in [1.807, 2.05) is 12.1 Å². The van der Waals surface area contributed by atoms with Crippen molar-refractivity contribution in [3.63, 3.8) is 0 Å². The van der Waals surface area contributed by atoms with Gasteiger partial charge in [0.25, 0.3) is 5.56 Å². The predicted octanol–water partition coefficient (Wildman–Crippen LogP) is 2.95. The summed E-state index contributed by atoms with van der Waals surface area (Å²) in [7, 11) is 0. The molecule has 29 heavy (non-hydrogen) atoms. The van der Waals surface area contributed by atoms with Crippen molar-refractivity contribution in [1.82, 2.24) is 20.3 Å². The van der Waals surface area contributed by atoms with Gasteiger partial charge in [0.2, 0.25) is 5.91 Å². The van der Waals surface area contributed by atoms with Gasteiger partial charge in [-0.05, 0) is 42.7 Å². The van der Waals surface area contributed by atoms with E-state index < -0.39 is 0 Å². The van der Waals surface area contributed by atoms with Crippen LogP contribution in [-0.2, 0) is 16.8 Å². The van der Waals surface area contributed by atoms with E-state index in [4.69, 9.17) is 0 Å². The molecule has 1 fully saturated rings. The average Bonchev–Trinajstić information content (AvgIpc) is 2.76. The molecule has 6 nitrogen and oxygen atoms in total. The second kappa shape index (κ2) is 8.11. The number of benzene rings is 2. The van der Waals surface area contributed by atoms with Gasteiger partial charge in [-0.3, -0.25) is 9.59 Å². The smallest absolute Gasteiger partial charge is 0.278 e. The highest BCUT2D eigenvalue weighted by Crippen LogP contribution is 2.39. The van der Waals surface area contributed by atoms with Crippen LogP contribution >= 0.6 is 0 Å². The monoisotopic (exact) mass is 394 g/mol. The lowest BCUT2D eigenvalue weighted by molar-refractivity contribution is -0.122. The van der Waals surface area contributed by atoms with Gasteiger partial charge in [-0.25, -0.2) is 9.07 Å². The molecule has 1 aliphatic rings. The predicted molar refractivity (Wildman–Crippen MR) is 108 cm³/mol. The molecule has 0 aliphatic heterocycles. The molecule has 2 aromatic carbocycles. The fourth-order valence-corrected chi connectivity index (χ4v) is 4.19. The summed E-state index contributed by atoms with van der Waals surface area (Å²) in [5.74, 6) is -0.554. The number of nitrogens with zero attached hydrogens (tertiary/aromatic N) is 3. The summed E-state index contributed by atoms with van der Waals surface area (Å²) in [6.45, 7) is 0.267. The second-order valence-electron chi connectivity index (χ2n) is 7.69. The van der Waals surface area contributed by atoms with Crippen LogP contribution in [0.2, 0.25) is 0 Å². The third-order valence-corrected chi connectivity index (χ3v) is 5.81. The Kier molecular flexibility index (Phi) is 5.38. The second-order valence-corrected chi connectivity index (χ2v) is 7.69. The minimum atomic E-state index is -0.336. The van der Waals surface area contributed by atoms with E-state index in [0.717, 1.165) is 35.9 Å². The molecule has 1 aliphatic carbocycles. The van der Waals surface area contributed by atoms with Crippen molar-refractivity contribution < 1.29 is 9.18 Å². The van der Waals surface area contributed by atoms with Gasteiger partial charge in [0.05, 0.1) is 5.39 Å². The van der Waals surface area contributed by atoms with Crippen molar-refractivity contribution >= 4 is 16.8 Å². The molecule has 0 bridgehead atoms. The summed E-state index contributed by atoms with van der Waals surface area (Å²) in [5.41, 5.74) is 1.01. The van der Waals surface area contributed by atoms with E-state index in [0.29, 0.717) is 17.4 Å². The van der Waals surface area contributed by atoms with Crippen molar-refractivity contribution in [3.8, 4) is 0 Å². The molecule has 4 rings (SSSR count). The fraction of sp³-hybridized carbons (Fsp3) is 0.364. The van der Waals surface area contributed by atoms with Crippen LogP contribution < -0.4 is 10.9 Å². The Hall–Kier alpha value is -3.09. The van der Waals surface area contributed by atoms with Crippen molar-refractivity contribution in [2.45, 2.75) is 44.1 Å². The molecule has 150 valence electrons. The first kappa shape index (κ1) is 19.2. The summed E-state index contributed by atoms with van der Waals surface area (Å²) in [4.78, 5) is 25.1. The molecule has 3 aromatic rings. The number of carbonyl (C=O) groups is 1. The molecule has 1 N–H and O–H groups in total. The van der Waals surface area contributed by atoms with Crippen LogP contribution in [0.4, 0.5) is 4.39 Å². The Morgan fingerprint density at radius 3 is 2.55 bits per heavy atom. The Morgan fingerprint density at radius 2 is 1.79 bits per heavy atom. The number of halogens is 1. The minimum absolute atomic E-state index is 0.184. The number of rotatable bonds is 5. The van der Waals surface area contributed by atoms with E-state index in [2.05, 4.69) is 15.6 Å². The molecule has 0 radical (unpaired) electrons. The topological polar surface area (TPSA) is 76.9 Å². The maximum absolute atomic E-state index is 13.4. The largest absolute Gasteiger partial charge is 0.354 e. The number of carbonyl (C=O) groups excluding carboxylic acids is 1. The van der Waals surface area contributed by atoms with Gasteiger partial charge in [-0.15, -0.1) is 5.10 Å². The number of nitrogens with one attached hydrogen (secondary N) is 1. The van der Waals surface area contributed by atoms with Crippen molar-refractivity contribution in [2.24, 2.45) is 0 Å². The first-order valence-corrected chi connectivity index (χ1v) is 9.93.